The highest BCUT2D eigenvalue weighted by atomic mass is 32.1. The van der Waals surface area contributed by atoms with E-state index in [2.05, 4.69) is 12.2 Å². The molecule has 0 fully saturated rings. The van der Waals surface area contributed by atoms with E-state index in [0.29, 0.717) is 0 Å². The Labute approximate surface area is 55.6 Å². The molecule has 0 rings (SSSR count). The van der Waals surface area contributed by atoms with Gasteiger partial charge in [-0.15, -0.1) is 0 Å². The van der Waals surface area contributed by atoms with E-state index in [-0.39, 0.29) is 0 Å². The molecule has 0 radical (unpaired) electrons. The Kier molecular flexibility index (Phi) is 3.44. The van der Waals surface area contributed by atoms with E-state index in [1.54, 1.807) is 5.37 Å². The second-order valence-electron chi connectivity index (χ2n) is 1.68. The van der Waals surface area contributed by atoms with Crippen LogP contribution < -0.4 is 5.73 Å². The lowest BCUT2D eigenvalue weighted by Gasteiger charge is -1.95. The number of rotatable bonds is 2. The van der Waals surface area contributed by atoms with Gasteiger partial charge in [-0.3, -0.25) is 0 Å². The van der Waals surface area contributed by atoms with E-state index in [9.17, 15) is 0 Å². The van der Waals surface area contributed by atoms with Gasteiger partial charge in [-0.1, -0.05) is 19.1 Å². The molecule has 46 valence electrons. The summed E-state index contributed by atoms with van der Waals surface area (Å²) in [5.74, 6) is 0. The van der Waals surface area contributed by atoms with Crippen LogP contribution in [-0.2, 0) is 0 Å². The molecule has 1 nitrogen and oxygen atoms in total. The fourth-order valence-corrected chi connectivity index (χ4v) is 0.808. The van der Waals surface area contributed by atoms with Crippen molar-refractivity contribution in [1.29, 1.82) is 0 Å². The molecule has 0 spiro atoms. The molecule has 0 atom stereocenters. The van der Waals surface area contributed by atoms with Crippen molar-refractivity contribution in [3.8, 4) is 0 Å². The molecule has 8 heavy (non-hydrogen) atoms. The first kappa shape index (κ1) is 7.63. The zero-order valence-electron chi connectivity index (χ0n) is 5.27. The van der Waals surface area contributed by atoms with Crippen molar-refractivity contribution in [1.82, 2.24) is 0 Å². The summed E-state index contributed by atoms with van der Waals surface area (Å²) in [5, 5.41) is 1.63. The average Bonchev–Trinajstić information content (AvgIpc) is 1.69. The molecule has 2 N–H and O–H groups in total. The van der Waals surface area contributed by atoms with Crippen molar-refractivity contribution in [2.24, 2.45) is 5.73 Å². The van der Waals surface area contributed by atoms with Gasteiger partial charge in [0.25, 0.3) is 0 Å². The van der Waals surface area contributed by atoms with E-state index in [1.807, 2.05) is 13.8 Å². The normalized spacial score (nSPS) is 12.8. The lowest BCUT2D eigenvalue weighted by Crippen LogP contribution is -1.97. The molecule has 0 aliphatic rings. The predicted molar refractivity (Wildman–Crippen MR) is 40.8 cm³/mol. The van der Waals surface area contributed by atoms with Crippen molar-refractivity contribution >= 4 is 17.6 Å². The fourth-order valence-electron chi connectivity index (χ4n) is 0.455. The van der Waals surface area contributed by atoms with Gasteiger partial charge in [0.15, 0.2) is 0 Å². The Bertz CT molecular complexity index is 112. The van der Waals surface area contributed by atoms with E-state index < -0.39 is 0 Å². The molecule has 0 unspecified atom stereocenters. The summed E-state index contributed by atoms with van der Waals surface area (Å²) in [4.78, 5) is 0. The van der Waals surface area contributed by atoms with Gasteiger partial charge in [-0.25, -0.2) is 0 Å². The van der Waals surface area contributed by atoms with E-state index in [4.69, 9.17) is 5.73 Å². The molecule has 0 saturated carbocycles. The highest BCUT2D eigenvalue weighted by Gasteiger charge is 1.88. The third-order valence-corrected chi connectivity index (χ3v) is 1.31. The van der Waals surface area contributed by atoms with E-state index in [1.165, 1.54) is 0 Å². The maximum Gasteiger partial charge on any atom is 0.00896 e. The van der Waals surface area contributed by atoms with Crippen LogP contribution in [0.15, 0.2) is 11.3 Å². The number of nitrogens with two attached hydrogens (primary N) is 1. The average molecular weight is 129 g/mol. The second kappa shape index (κ2) is 3.61. The topological polar surface area (TPSA) is 26.0 Å². The van der Waals surface area contributed by atoms with E-state index >= 15 is 0 Å². The molecule has 0 aromatic carbocycles. The molecule has 0 aliphatic heterocycles. The van der Waals surface area contributed by atoms with Crippen LogP contribution in [0.3, 0.4) is 0 Å². The van der Waals surface area contributed by atoms with Crippen LogP contribution in [0, 0.1) is 0 Å². The summed E-state index contributed by atoms with van der Waals surface area (Å²) in [7, 11) is 0. The Morgan fingerprint density at radius 3 is 2.25 bits per heavy atom. The third-order valence-electron chi connectivity index (χ3n) is 1.03. The highest BCUT2D eigenvalue weighted by molar-refractivity contribution is 7.79. The maximum absolute atomic E-state index is 5.44. The minimum atomic E-state index is 0.836. The first-order chi connectivity index (χ1) is 3.72. The first-order valence-corrected chi connectivity index (χ1v) is 3.10. The van der Waals surface area contributed by atoms with Gasteiger partial charge in [0, 0.05) is 11.1 Å². The lowest BCUT2D eigenvalue weighted by atomic mass is 10.2. The molecule has 0 aromatic rings. The molecule has 0 bridgehead atoms. The summed E-state index contributed by atoms with van der Waals surface area (Å²) in [6.45, 7) is 3.90. The van der Waals surface area contributed by atoms with Crippen molar-refractivity contribution in [3.63, 3.8) is 0 Å². The van der Waals surface area contributed by atoms with Crippen LogP contribution >= 0.6 is 12.2 Å². The van der Waals surface area contributed by atoms with Crippen molar-refractivity contribution < 1.29 is 0 Å². The maximum atomic E-state index is 5.44. The van der Waals surface area contributed by atoms with Crippen molar-refractivity contribution in [3.05, 3.63) is 11.3 Å². The Morgan fingerprint density at radius 1 is 1.75 bits per heavy atom. The molecule has 2 heteroatoms. The summed E-state index contributed by atoms with van der Waals surface area (Å²) < 4.78 is 0. The third kappa shape index (κ3) is 2.07. The minimum Gasteiger partial charge on any atom is -0.402 e. The van der Waals surface area contributed by atoms with Gasteiger partial charge in [-0.2, -0.15) is 0 Å². The first-order valence-electron chi connectivity index (χ1n) is 2.62. The quantitative estimate of drug-likeness (QED) is 0.453. The van der Waals surface area contributed by atoms with E-state index in [0.717, 1.165) is 17.7 Å². The van der Waals surface area contributed by atoms with Gasteiger partial charge in [0.1, 0.15) is 0 Å². The lowest BCUT2D eigenvalue weighted by molar-refractivity contribution is 1.12. The molecular weight excluding hydrogens is 118 g/mol. The molecule has 0 amide bonds. The second-order valence-corrected chi connectivity index (χ2v) is 1.92. The monoisotopic (exact) mass is 129 g/mol. The molecule has 0 saturated heterocycles. The van der Waals surface area contributed by atoms with Crippen LogP contribution in [0.4, 0.5) is 0 Å². The fraction of sp³-hybridized carbons (Fsp3) is 0.500. The smallest absolute Gasteiger partial charge is 0.00896 e. The highest BCUT2D eigenvalue weighted by Crippen LogP contribution is 1.99. The number of hydrogen-bond donors (Lipinski definition) is 1. The minimum absolute atomic E-state index is 0.836. The van der Waals surface area contributed by atoms with Crippen LogP contribution in [0.5, 0.6) is 0 Å². The van der Waals surface area contributed by atoms with Gasteiger partial charge in [0.2, 0.25) is 0 Å². The van der Waals surface area contributed by atoms with Crippen LogP contribution in [0.1, 0.15) is 20.3 Å². The Hall–Kier alpha value is -0.370. The van der Waals surface area contributed by atoms with Crippen LogP contribution in [-0.4, -0.2) is 5.37 Å². The largest absolute Gasteiger partial charge is 0.402 e. The molecule has 0 heterocycles. The Morgan fingerprint density at radius 2 is 2.25 bits per heavy atom. The van der Waals surface area contributed by atoms with Crippen molar-refractivity contribution in [2.45, 2.75) is 20.3 Å². The van der Waals surface area contributed by atoms with Crippen LogP contribution in [0.2, 0.25) is 0 Å². The molecule has 0 aliphatic carbocycles. The van der Waals surface area contributed by atoms with Gasteiger partial charge >= 0.3 is 0 Å². The van der Waals surface area contributed by atoms with Gasteiger partial charge in [0.05, 0.1) is 0 Å². The SMILES string of the molecule is CC/C(C=S)=C(\C)N. The zero-order chi connectivity index (χ0) is 6.57. The summed E-state index contributed by atoms with van der Waals surface area (Å²) in [6.07, 6.45) is 0.936. The van der Waals surface area contributed by atoms with Crippen molar-refractivity contribution in [2.75, 3.05) is 0 Å². The standard InChI is InChI=1S/C6H11NS/c1-3-6(4-8)5(2)7/h4H,3,7H2,1-2H3/b6-5-. The summed E-state index contributed by atoms with van der Waals surface area (Å²) >= 11 is 4.69. The number of hydrogen-bond acceptors (Lipinski definition) is 2. The summed E-state index contributed by atoms with van der Waals surface area (Å²) in [6, 6.07) is 0. The molecule has 0 aromatic heterocycles. The predicted octanol–water partition coefficient (Wildman–Crippen LogP) is 1.63. The van der Waals surface area contributed by atoms with Gasteiger partial charge < -0.3 is 5.73 Å². The number of thiocarbonyl (C=S) groups is 1. The zero-order valence-corrected chi connectivity index (χ0v) is 6.09. The van der Waals surface area contributed by atoms with Crippen LogP contribution in [0.25, 0.3) is 0 Å². The molecular formula is C6H11NS. The van der Waals surface area contributed by atoms with Gasteiger partial charge in [-0.05, 0) is 18.9 Å². The summed E-state index contributed by atoms with van der Waals surface area (Å²) in [5.41, 5.74) is 7.34. The number of allylic oxidation sites excluding steroid dienone is 2. The Balaban J connectivity index is 4.07.